The minimum atomic E-state index is -1.26. The van der Waals surface area contributed by atoms with Crippen LogP contribution in [0.15, 0.2) is 18.2 Å². The van der Waals surface area contributed by atoms with Crippen molar-refractivity contribution in [2.75, 3.05) is 7.11 Å². The highest BCUT2D eigenvalue weighted by atomic mass is 16.5. The Labute approximate surface area is 86.5 Å². The van der Waals surface area contributed by atoms with Crippen LogP contribution in [-0.4, -0.2) is 34.5 Å². The Balaban J connectivity index is 2.73. The van der Waals surface area contributed by atoms with Crippen LogP contribution < -0.4 is 0 Å². The number of rotatable bonds is 3. The van der Waals surface area contributed by atoms with Crippen LogP contribution in [0.3, 0.4) is 0 Å². The Hall–Kier alpha value is -1.75. The molecule has 0 saturated heterocycles. The second-order valence-electron chi connectivity index (χ2n) is 3.07. The van der Waals surface area contributed by atoms with Crippen LogP contribution in [0.2, 0.25) is 0 Å². The third-order valence-corrected chi connectivity index (χ3v) is 1.94. The molecule has 1 aromatic carbocycles. The molecule has 0 spiro atoms. The van der Waals surface area contributed by atoms with Gasteiger partial charge in [-0.15, -0.1) is 0 Å². The van der Waals surface area contributed by atoms with Gasteiger partial charge in [-0.3, -0.25) is 0 Å². The van der Waals surface area contributed by atoms with Crippen LogP contribution in [0.4, 0.5) is 0 Å². The summed E-state index contributed by atoms with van der Waals surface area (Å²) >= 11 is 0. The number of ether oxygens (including phenoxy) is 1. The summed E-state index contributed by atoms with van der Waals surface area (Å²) in [4.78, 5) is 10.9. The van der Waals surface area contributed by atoms with E-state index in [9.17, 15) is 9.90 Å². The molecular weight excluding hydrogens is 200 g/mol. The van der Waals surface area contributed by atoms with Crippen molar-refractivity contribution in [2.24, 2.45) is 0 Å². The fourth-order valence-corrected chi connectivity index (χ4v) is 1.14. The van der Waals surface area contributed by atoms with Crippen LogP contribution in [-0.2, 0) is 16.0 Å². The van der Waals surface area contributed by atoms with Crippen molar-refractivity contribution in [3.63, 3.8) is 0 Å². The number of aliphatic hydroxyl groups excluding tert-OH is 1. The van der Waals surface area contributed by atoms with Crippen LogP contribution in [0.5, 0.6) is 11.5 Å². The van der Waals surface area contributed by atoms with Crippen molar-refractivity contribution in [1.29, 1.82) is 0 Å². The van der Waals surface area contributed by atoms with Crippen LogP contribution in [0.1, 0.15) is 5.56 Å². The minimum Gasteiger partial charge on any atom is -0.504 e. The molecule has 0 bridgehead atoms. The zero-order valence-electron chi connectivity index (χ0n) is 8.17. The molecule has 5 nitrogen and oxygen atoms in total. The predicted molar refractivity (Wildman–Crippen MR) is 51.5 cm³/mol. The highest BCUT2D eigenvalue weighted by Crippen LogP contribution is 2.25. The van der Waals surface area contributed by atoms with E-state index < -0.39 is 12.1 Å². The van der Waals surface area contributed by atoms with Crippen molar-refractivity contribution in [3.8, 4) is 11.5 Å². The second-order valence-corrected chi connectivity index (χ2v) is 3.07. The van der Waals surface area contributed by atoms with Gasteiger partial charge in [0.25, 0.3) is 0 Å². The van der Waals surface area contributed by atoms with Crippen LogP contribution in [0, 0.1) is 0 Å². The largest absolute Gasteiger partial charge is 0.504 e. The van der Waals surface area contributed by atoms with E-state index in [-0.39, 0.29) is 17.9 Å². The molecule has 0 aliphatic rings. The molecule has 1 rings (SSSR count). The van der Waals surface area contributed by atoms with Gasteiger partial charge in [0.2, 0.25) is 0 Å². The van der Waals surface area contributed by atoms with Gasteiger partial charge < -0.3 is 20.1 Å². The van der Waals surface area contributed by atoms with Crippen LogP contribution in [0.25, 0.3) is 0 Å². The minimum absolute atomic E-state index is 0.0283. The zero-order valence-corrected chi connectivity index (χ0v) is 8.17. The van der Waals surface area contributed by atoms with Crippen molar-refractivity contribution >= 4 is 5.97 Å². The van der Waals surface area contributed by atoms with Crippen LogP contribution >= 0.6 is 0 Å². The van der Waals surface area contributed by atoms with Gasteiger partial charge in [0.1, 0.15) is 0 Å². The summed E-state index contributed by atoms with van der Waals surface area (Å²) in [5.74, 6) is -1.27. The van der Waals surface area contributed by atoms with Gasteiger partial charge in [-0.05, 0) is 17.7 Å². The Morgan fingerprint density at radius 3 is 2.60 bits per heavy atom. The Kier molecular flexibility index (Phi) is 3.51. The Morgan fingerprint density at radius 1 is 1.40 bits per heavy atom. The first kappa shape index (κ1) is 11.3. The van der Waals surface area contributed by atoms with Gasteiger partial charge in [0.05, 0.1) is 7.11 Å². The maximum Gasteiger partial charge on any atom is 0.335 e. The fourth-order valence-electron chi connectivity index (χ4n) is 1.14. The number of benzene rings is 1. The number of methoxy groups -OCH3 is 1. The van der Waals surface area contributed by atoms with E-state index in [4.69, 9.17) is 10.2 Å². The molecule has 0 saturated carbocycles. The zero-order chi connectivity index (χ0) is 11.4. The van der Waals surface area contributed by atoms with E-state index in [0.717, 1.165) is 0 Å². The molecule has 0 unspecified atom stereocenters. The molecule has 1 atom stereocenters. The second kappa shape index (κ2) is 4.65. The monoisotopic (exact) mass is 212 g/mol. The first-order valence-corrected chi connectivity index (χ1v) is 4.31. The van der Waals surface area contributed by atoms with E-state index in [1.54, 1.807) is 0 Å². The van der Waals surface area contributed by atoms with Gasteiger partial charge >= 0.3 is 5.97 Å². The normalized spacial score (nSPS) is 12.1. The number of hydrogen-bond donors (Lipinski definition) is 3. The number of hydrogen-bond acceptors (Lipinski definition) is 5. The van der Waals surface area contributed by atoms with Crippen molar-refractivity contribution in [1.82, 2.24) is 0 Å². The molecule has 0 radical (unpaired) electrons. The summed E-state index contributed by atoms with van der Waals surface area (Å²) in [5, 5.41) is 27.5. The quantitative estimate of drug-likeness (QED) is 0.491. The lowest BCUT2D eigenvalue weighted by Gasteiger charge is -2.08. The third kappa shape index (κ3) is 2.85. The number of phenols is 2. The number of phenolic OH excluding ortho intramolecular Hbond substituents is 2. The molecule has 5 heteroatoms. The standard InChI is InChI=1S/C10H12O5/c1-15-10(14)9(13)5-6-2-3-7(11)8(12)4-6/h2-4,9,11-13H,5H2,1H3/t9-/m0/s1. The number of carbonyl (C=O) groups excluding carboxylic acids is 1. The number of aliphatic hydroxyl groups is 1. The van der Waals surface area contributed by atoms with Crippen molar-refractivity contribution < 1.29 is 24.9 Å². The Bertz CT molecular complexity index is 361. The molecule has 0 aliphatic carbocycles. The van der Waals surface area contributed by atoms with E-state index in [0.29, 0.717) is 5.56 Å². The Morgan fingerprint density at radius 2 is 2.07 bits per heavy atom. The molecule has 0 heterocycles. The highest BCUT2D eigenvalue weighted by Gasteiger charge is 2.16. The smallest absolute Gasteiger partial charge is 0.335 e. The third-order valence-electron chi connectivity index (χ3n) is 1.94. The molecule has 0 aromatic heterocycles. The molecule has 0 amide bonds. The van der Waals surface area contributed by atoms with Gasteiger partial charge in [-0.25, -0.2) is 4.79 Å². The van der Waals surface area contributed by atoms with Crippen molar-refractivity contribution in [3.05, 3.63) is 23.8 Å². The predicted octanol–water partition coefficient (Wildman–Crippen LogP) is 0.174. The van der Waals surface area contributed by atoms with Gasteiger partial charge in [0.15, 0.2) is 17.6 Å². The molecule has 3 N–H and O–H groups in total. The maximum atomic E-state index is 10.9. The van der Waals surface area contributed by atoms with E-state index in [1.807, 2.05) is 0 Å². The van der Waals surface area contributed by atoms with Gasteiger partial charge in [0, 0.05) is 6.42 Å². The summed E-state index contributed by atoms with van der Waals surface area (Å²) < 4.78 is 4.34. The summed E-state index contributed by atoms with van der Waals surface area (Å²) in [6.45, 7) is 0. The fraction of sp³-hybridized carbons (Fsp3) is 0.300. The lowest BCUT2D eigenvalue weighted by molar-refractivity contribution is -0.150. The first-order valence-electron chi connectivity index (χ1n) is 4.31. The molecule has 15 heavy (non-hydrogen) atoms. The highest BCUT2D eigenvalue weighted by molar-refractivity contribution is 5.74. The lowest BCUT2D eigenvalue weighted by atomic mass is 10.1. The average molecular weight is 212 g/mol. The number of esters is 1. The molecule has 0 fully saturated rings. The maximum absolute atomic E-state index is 10.9. The summed E-state index contributed by atoms with van der Waals surface area (Å²) in [6.07, 6.45) is -1.24. The summed E-state index contributed by atoms with van der Waals surface area (Å²) in [5.41, 5.74) is 0.531. The van der Waals surface area contributed by atoms with E-state index >= 15 is 0 Å². The molecular formula is C10H12O5. The molecule has 1 aromatic rings. The van der Waals surface area contributed by atoms with Gasteiger partial charge in [-0.2, -0.15) is 0 Å². The lowest BCUT2D eigenvalue weighted by Crippen LogP contribution is -2.23. The summed E-state index contributed by atoms with van der Waals surface area (Å²) in [7, 11) is 1.18. The van der Waals surface area contributed by atoms with Gasteiger partial charge in [-0.1, -0.05) is 6.07 Å². The molecule has 82 valence electrons. The summed E-state index contributed by atoms with van der Waals surface area (Å²) in [6, 6.07) is 4.07. The topological polar surface area (TPSA) is 87.0 Å². The average Bonchev–Trinajstić information content (AvgIpc) is 2.22. The van der Waals surface area contributed by atoms with E-state index in [1.165, 1.54) is 25.3 Å². The van der Waals surface area contributed by atoms with Crippen molar-refractivity contribution in [2.45, 2.75) is 12.5 Å². The number of aromatic hydroxyl groups is 2. The number of carbonyl (C=O) groups is 1. The first-order chi connectivity index (χ1) is 7.04. The molecule has 0 aliphatic heterocycles. The SMILES string of the molecule is COC(=O)[C@@H](O)Cc1ccc(O)c(O)c1. The van der Waals surface area contributed by atoms with E-state index in [2.05, 4.69) is 4.74 Å².